The Balaban J connectivity index is 1.96. The number of anilines is 1. The van der Waals surface area contributed by atoms with Crippen molar-refractivity contribution in [3.05, 3.63) is 58.1 Å². The smallest absolute Gasteiger partial charge is 0.262 e. The van der Waals surface area contributed by atoms with Crippen LogP contribution >= 0.6 is 15.9 Å². The number of benzene rings is 2. The number of carbonyl (C=O) groups is 2. The maximum Gasteiger partial charge on any atom is 0.262 e. The van der Waals surface area contributed by atoms with Gasteiger partial charge < -0.3 is 15.4 Å². The highest BCUT2D eigenvalue weighted by Gasteiger charge is 2.15. The van der Waals surface area contributed by atoms with Crippen molar-refractivity contribution in [3.8, 4) is 5.75 Å². The molecule has 0 radical (unpaired) electrons. The third-order valence-electron chi connectivity index (χ3n) is 3.34. The van der Waals surface area contributed by atoms with Crippen molar-refractivity contribution in [2.24, 2.45) is 0 Å². The molecule has 2 N–H and O–H groups in total. The molecule has 0 aliphatic carbocycles. The second kappa shape index (κ2) is 8.36. The summed E-state index contributed by atoms with van der Waals surface area (Å²) < 4.78 is 6.33. The van der Waals surface area contributed by atoms with Crippen LogP contribution in [0.4, 0.5) is 5.69 Å². The predicted octanol–water partition coefficient (Wildman–Crippen LogP) is 4.30. The average Bonchev–Trinajstić information content (AvgIpc) is 2.52. The van der Waals surface area contributed by atoms with E-state index >= 15 is 0 Å². The largest absolute Gasteiger partial charge is 0.483 e. The van der Waals surface area contributed by atoms with Gasteiger partial charge in [-0.25, -0.2) is 0 Å². The number of aryl methyl sites for hydroxylation is 1. The van der Waals surface area contributed by atoms with Gasteiger partial charge in [-0.1, -0.05) is 12.1 Å². The van der Waals surface area contributed by atoms with Gasteiger partial charge in [0, 0.05) is 16.8 Å². The molecule has 0 fully saturated rings. The topological polar surface area (TPSA) is 67.4 Å². The molecule has 6 heteroatoms. The quantitative estimate of drug-likeness (QED) is 0.760. The minimum absolute atomic E-state index is 0.125. The molecule has 0 atom stereocenters. The number of hydrogen-bond donors (Lipinski definition) is 2. The molecule has 2 amide bonds. The standard InChI is InChI=1S/C20H23BrN2O3/c1-13-8-9-17(16(21)10-13)26-12-18(24)22-15-7-5-6-14(11-15)19(25)23-20(2,3)4/h5-11H,12H2,1-4H3,(H,22,24)(H,23,25). The Bertz CT molecular complexity index is 813. The summed E-state index contributed by atoms with van der Waals surface area (Å²) in [7, 11) is 0. The minimum atomic E-state index is -0.328. The van der Waals surface area contributed by atoms with Crippen LogP contribution in [-0.2, 0) is 4.79 Å². The Kier molecular flexibility index (Phi) is 6.42. The molecule has 26 heavy (non-hydrogen) atoms. The van der Waals surface area contributed by atoms with Gasteiger partial charge in [-0.3, -0.25) is 9.59 Å². The summed E-state index contributed by atoms with van der Waals surface area (Å²) in [6.07, 6.45) is 0. The molecular formula is C20H23BrN2O3. The van der Waals surface area contributed by atoms with Crippen LogP contribution < -0.4 is 15.4 Å². The summed E-state index contributed by atoms with van der Waals surface area (Å²) in [4.78, 5) is 24.3. The Morgan fingerprint density at radius 1 is 1.12 bits per heavy atom. The number of carbonyl (C=O) groups excluding carboxylic acids is 2. The summed E-state index contributed by atoms with van der Waals surface area (Å²) >= 11 is 3.41. The van der Waals surface area contributed by atoms with Gasteiger partial charge in [-0.2, -0.15) is 0 Å². The van der Waals surface area contributed by atoms with Gasteiger partial charge in [0.25, 0.3) is 11.8 Å². The highest BCUT2D eigenvalue weighted by atomic mass is 79.9. The van der Waals surface area contributed by atoms with Crippen molar-refractivity contribution in [3.63, 3.8) is 0 Å². The number of rotatable bonds is 5. The summed E-state index contributed by atoms with van der Waals surface area (Å²) in [5.74, 6) is 0.114. The van der Waals surface area contributed by atoms with E-state index in [0.717, 1.165) is 10.0 Å². The van der Waals surface area contributed by atoms with Crippen molar-refractivity contribution < 1.29 is 14.3 Å². The first-order valence-corrected chi connectivity index (χ1v) is 9.05. The first-order chi connectivity index (χ1) is 12.1. The van der Waals surface area contributed by atoms with Crippen LogP contribution in [0.2, 0.25) is 0 Å². The molecule has 2 rings (SSSR count). The van der Waals surface area contributed by atoms with Crippen LogP contribution in [0.25, 0.3) is 0 Å². The van der Waals surface area contributed by atoms with Crippen LogP contribution in [-0.4, -0.2) is 24.0 Å². The molecule has 0 aliphatic heterocycles. The molecular weight excluding hydrogens is 396 g/mol. The molecule has 2 aromatic rings. The minimum Gasteiger partial charge on any atom is -0.483 e. The molecule has 0 spiro atoms. The highest BCUT2D eigenvalue weighted by molar-refractivity contribution is 9.10. The summed E-state index contributed by atoms with van der Waals surface area (Å²) in [6.45, 7) is 7.59. The van der Waals surface area contributed by atoms with E-state index in [-0.39, 0.29) is 24.0 Å². The molecule has 5 nitrogen and oxygen atoms in total. The fraction of sp³-hybridized carbons (Fsp3) is 0.300. The van der Waals surface area contributed by atoms with E-state index in [1.165, 1.54) is 0 Å². The molecule has 0 aromatic heterocycles. The summed E-state index contributed by atoms with van der Waals surface area (Å²) in [6, 6.07) is 12.4. The monoisotopic (exact) mass is 418 g/mol. The lowest BCUT2D eigenvalue weighted by Crippen LogP contribution is -2.40. The van der Waals surface area contributed by atoms with Gasteiger partial charge in [-0.15, -0.1) is 0 Å². The molecule has 0 saturated heterocycles. The molecule has 0 aliphatic rings. The fourth-order valence-corrected chi connectivity index (χ4v) is 2.82. The lowest BCUT2D eigenvalue weighted by molar-refractivity contribution is -0.118. The Labute approximate surface area is 162 Å². The van der Waals surface area contributed by atoms with Crippen molar-refractivity contribution in [2.75, 3.05) is 11.9 Å². The zero-order valence-electron chi connectivity index (χ0n) is 15.4. The Morgan fingerprint density at radius 3 is 2.50 bits per heavy atom. The first-order valence-electron chi connectivity index (χ1n) is 8.25. The third kappa shape index (κ3) is 6.19. The van der Waals surface area contributed by atoms with Gasteiger partial charge in [0.15, 0.2) is 6.61 Å². The third-order valence-corrected chi connectivity index (χ3v) is 3.96. The molecule has 2 aromatic carbocycles. The summed E-state index contributed by atoms with van der Waals surface area (Å²) in [5.41, 5.74) is 1.80. The number of halogens is 1. The van der Waals surface area contributed by atoms with E-state index in [0.29, 0.717) is 17.0 Å². The maximum absolute atomic E-state index is 12.2. The number of nitrogens with one attached hydrogen (secondary N) is 2. The molecule has 138 valence electrons. The second-order valence-electron chi connectivity index (χ2n) is 7.06. The van der Waals surface area contributed by atoms with Gasteiger partial charge >= 0.3 is 0 Å². The van der Waals surface area contributed by atoms with E-state index in [1.807, 2.05) is 45.9 Å². The van der Waals surface area contributed by atoms with Crippen LogP contribution in [0.3, 0.4) is 0 Å². The van der Waals surface area contributed by atoms with E-state index in [9.17, 15) is 9.59 Å². The molecule has 0 bridgehead atoms. The molecule has 0 saturated carbocycles. The molecule has 0 unspecified atom stereocenters. The van der Waals surface area contributed by atoms with Crippen molar-refractivity contribution in [1.82, 2.24) is 5.32 Å². The number of ether oxygens (including phenoxy) is 1. The van der Waals surface area contributed by atoms with Gasteiger partial charge in [-0.05, 0) is 79.5 Å². The highest BCUT2D eigenvalue weighted by Crippen LogP contribution is 2.25. The number of hydrogen-bond acceptors (Lipinski definition) is 3. The second-order valence-corrected chi connectivity index (χ2v) is 7.91. The van der Waals surface area contributed by atoms with Crippen LogP contribution in [0.1, 0.15) is 36.7 Å². The van der Waals surface area contributed by atoms with E-state index in [4.69, 9.17) is 4.74 Å². The Hall–Kier alpha value is -2.34. The Morgan fingerprint density at radius 2 is 1.85 bits per heavy atom. The van der Waals surface area contributed by atoms with Crippen LogP contribution in [0.15, 0.2) is 46.9 Å². The van der Waals surface area contributed by atoms with Crippen LogP contribution in [0, 0.1) is 6.92 Å². The van der Waals surface area contributed by atoms with E-state index in [2.05, 4.69) is 26.6 Å². The van der Waals surface area contributed by atoms with E-state index < -0.39 is 0 Å². The predicted molar refractivity (Wildman–Crippen MR) is 107 cm³/mol. The lowest BCUT2D eigenvalue weighted by Gasteiger charge is -2.20. The fourth-order valence-electron chi connectivity index (χ4n) is 2.21. The maximum atomic E-state index is 12.2. The van der Waals surface area contributed by atoms with Gasteiger partial charge in [0.05, 0.1) is 4.47 Å². The first kappa shape index (κ1) is 20.0. The van der Waals surface area contributed by atoms with E-state index in [1.54, 1.807) is 24.3 Å². The lowest BCUT2D eigenvalue weighted by atomic mass is 10.1. The SMILES string of the molecule is Cc1ccc(OCC(=O)Nc2cccc(C(=O)NC(C)(C)C)c2)c(Br)c1. The van der Waals surface area contributed by atoms with Crippen molar-refractivity contribution in [2.45, 2.75) is 33.2 Å². The van der Waals surface area contributed by atoms with Gasteiger partial charge in [0.1, 0.15) is 5.75 Å². The summed E-state index contributed by atoms with van der Waals surface area (Å²) in [5, 5.41) is 5.63. The molecule has 0 heterocycles. The van der Waals surface area contributed by atoms with Crippen molar-refractivity contribution >= 4 is 33.4 Å². The number of amides is 2. The van der Waals surface area contributed by atoms with Gasteiger partial charge in [0.2, 0.25) is 0 Å². The zero-order valence-corrected chi connectivity index (χ0v) is 16.9. The zero-order chi connectivity index (χ0) is 19.3. The normalized spacial score (nSPS) is 11.0. The average molecular weight is 419 g/mol. The van der Waals surface area contributed by atoms with Crippen LogP contribution in [0.5, 0.6) is 5.75 Å². The van der Waals surface area contributed by atoms with Crippen molar-refractivity contribution in [1.29, 1.82) is 0 Å².